The van der Waals surface area contributed by atoms with Gasteiger partial charge in [0.2, 0.25) is 0 Å². The molecule has 3 nitrogen and oxygen atoms in total. The van der Waals surface area contributed by atoms with Gasteiger partial charge in [0.1, 0.15) is 17.4 Å². The second kappa shape index (κ2) is 14.5. The maximum Gasteiger partial charge on any atom is 0.419 e. The zero-order valence-corrected chi connectivity index (χ0v) is 24.9. The monoisotopic (exact) mass is 644 g/mol. The zero-order valence-electron chi connectivity index (χ0n) is 24.9. The molecule has 0 atom stereocenters. The first-order chi connectivity index (χ1) is 22.0. The van der Waals surface area contributed by atoms with E-state index in [0.29, 0.717) is 30.8 Å². The summed E-state index contributed by atoms with van der Waals surface area (Å²) in [6.07, 6.45) is 0.912. The van der Waals surface area contributed by atoms with Crippen LogP contribution in [0.4, 0.5) is 30.7 Å². The maximum atomic E-state index is 15.2. The molecule has 0 aliphatic carbocycles. The molecule has 0 unspecified atom stereocenters. The Balaban J connectivity index is 1.22. The topological polar surface area (TPSA) is 27.7 Å². The van der Waals surface area contributed by atoms with Gasteiger partial charge in [0.25, 0.3) is 0 Å². The van der Waals surface area contributed by atoms with Crippen LogP contribution in [0.2, 0.25) is 0 Å². The Hall–Kier alpha value is -4.15. The molecule has 0 amide bonds. The van der Waals surface area contributed by atoms with Gasteiger partial charge in [-0.15, -0.1) is 0 Å². The number of unbranched alkanes of at least 4 members (excludes halogenated alkanes) is 2. The Labute approximate surface area is 262 Å². The molecule has 0 radical (unpaired) electrons. The van der Waals surface area contributed by atoms with Crippen molar-refractivity contribution >= 4 is 6.08 Å². The lowest BCUT2D eigenvalue weighted by molar-refractivity contribution is -0.206. The molecule has 0 N–H and O–H groups in total. The van der Waals surface area contributed by atoms with E-state index < -0.39 is 47.2 Å². The minimum atomic E-state index is -4.12. The normalized spacial score (nSPS) is 17.0. The molecule has 1 aliphatic heterocycles. The molecule has 5 rings (SSSR count). The van der Waals surface area contributed by atoms with Crippen LogP contribution in [-0.2, 0) is 9.47 Å². The first-order valence-corrected chi connectivity index (χ1v) is 14.9. The van der Waals surface area contributed by atoms with E-state index >= 15 is 4.39 Å². The zero-order chi connectivity index (χ0) is 32.8. The van der Waals surface area contributed by atoms with Crippen LogP contribution in [0.15, 0.2) is 78.9 Å². The van der Waals surface area contributed by atoms with Crippen molar-refractivity contribution in [3.63, 3.8) is 0 Å². The summed E-state index contributed by atoms with van der Waals surface area (Å²) in [7, 11) is 0. The van der Waals surface area contributed by atoms with E-state index in [0.717, 1.165) is 30.0 Å². The van der Waals surface area contributed by atoms with Gasteiger partial charge in [0.05, 0.1) is 13.2 Å². The van der Waals surface area contributed by atoms with E-state index in [9.17, 15) is 26.3 Å². The van der Waals surface area contributed by atoms with Crippen molar-refractivity contribution in [2.75, 3.05) is 13.2 Å². The van der Waals surface area contributed by atoms with Crippen molar-refractivity contribution in [3.8, 4) is 28.0 Å². The third-order valence-corrected chi connectivity index (χ3v) is 7.65. The van der Waals surface area contributed by atoms with Crippen molar-refractivity contribution < 1.29 is 44.9 Å². The smallest absolute Gasteiger partial charge is 0.419 e. The Morgan fingerprint density at radius 1 is 0.739 bits per heavy atom. The lowest BCUT2D eigenvalue weighted by Crippen LogP contribution is -2.27. The fourth-order valence-corrected chi connectivity index (χ4v) is 5.15. The number of hydrogen-bond donors (Lipinski definition) is 0. The summed E-state index contributed by atoms with van der Waals surface area (Å²) in [5.41, 5.74) is 2.20. The fraction of sp³-hybridized carbons (Fsp3) is 0.278. The Morgan fingerprint density at radius 3 is 2.00 bits per heavy atom. The maximum absolute atomic E-state index is 15.2. The largest absolute Gasteiger partial charge is 0.429 e. The number of alkyl halides is 2. The highest BCUT2D eigenvalue weighted by Crippen LogP contribution is 2.33. The number of halogens is 7. The Bertz CT molecular complexity index is 1660. The van der Waals surface area contributed by atoms with Gasteiger partial charge < -0.3 is 14.2 Å². The van der Waals surface area contributed by atoms with Crippen LogP contribution in [-0.4, -0.2) is 19.3 Å². The first-order valence-electron chi connectivity index (χ1n) is 14.9. The highest BCUT2D eigenvalue weighted by atomic mass is 19.3. The highest BCUT2D eigenvalue weighted by molar-refractivity contribution is 5.72. The van der Waals surface area contributed by atoms with Crippen molar-refractivity contribution in [2.24, 2.45) is 5.92 Å². The summed E-state index contributed by atoms with van der Waals surface area (Å²) in [4.78, 5) is 0. The van der Waals surface area contributed by atoms with Crippen molar-refractivity contribution in [2.45, 2.75) is 45.0 Å². The number of rotatable bonds is 11. The Kier molecular flexibility index (Phi) is 10.5. The van der Waals surface area contributed by atoms with Gasteiger partial charge in [-0.3, -0.25) is 0 Å². The molecule has 1 fully saturated rings. The summed E-state index contributed by atoms with van der Waals surface area (Å²) >= 11 is 0. The summed E-state index contributed by atoms with van der Waals surface area (Å²) in [6.45, 7) is 3.46. The molecule has 0 bridgehead atoms. The minimum Gasteiger partial charge on any atom is -0.429 e. The molecule has 46 heavy (non-hydrogen) atoms. The molecule has 0 aromatic heterocycles. The van der Waals surface area contributed by atoms with E-state index in [1.165, 1.54) is 37.1 Å². The van der Waals surface area contributed by atoms with Crippen LogP contribution in [0, 0.1) is 35.0 Å². The molecule has 0 saturated carbocycles. The molecule has 242 valence electrons. The summed E-state index contributed by atoms with van der Waals surface area (Å²) in [5, 5.41) is 0. The Morgan fingerprint density at radius 2 is 1.37 bits per heavy atom. The van der Waals surface area contributed by atoms with E-state index in [1.807, 2.05) is 24.3 Å². The van der Waals surface area contributed by atoms with Crippen molar-refractivity contribution in [3.05, 3.63) is 119 Å². The third kappa shape index (κ3) is 8.16. The van der Waals surface area contributed by atoms with Crippen LogP contribution in [0.25, 0.3) is 28.3 Å². The van der Waals surface area contributed by atoms with E-state index in [4.69, 9.17) is 9.47 Å². The second-order valence-electron chi connectivity index (χ2n) is 11.1. The van der Waals surface area contributed by atoms with Gasteiger partial charge in [-0.05, 0) is 41.3 Å². The quantitative estimate of drug-likeness (QED) is 0.0924. The molecular weight excluding hydrogens is 613 g/mol. The number of benzene rings is 4. The van der Waals surface area contributed by atoms with E-state index in [2.05, 4.69) is 11.7 Å². The lowest BCUT2D eigenvalue weighted by atomic mass is 9.98. The standard InChI is InChI=1S/C36H31F7O3/c1-2-3-4-5-22-20-44-35(45-21-22)25-9-6-23(7-10-25)26-12-13-29(31(38)16-26)27-11-8-24(30(37)17-27)14-15-36(42,43)46-28-18-32(39)34(41)33(40)19-28/h6-19,22,35H,2-5,20-21H2,1H3/b15-14+. The van der Waals surface area contributed by atoms with Gasteiger partial charge >= 0.3 is 6.11 Å². The molecule has 4 aromatic rings. The average Bonchev–Trinajstić information content (AvgIpc) is 3.03. The summed E-state index contributed by atoms with van der Waals surface area (Å²) < 4.78 is 114. The highest BCUT2D eigenvalue weighted by Gasteiger charge is 2.29. The molecule has 1 saturated heterocycles. The first kappa shape index (κ1) is 33.2. The number of hydrogen-bond acceptors (Lipinski definition) is 3. The predicted octanol–water partition coefficient (Wildman–Crippen LogP) is 10.6. The van der Waals surface area contributed by atoms with Crippen molar-refractivity contribution in [1.82, 2.24) is 0 Å². The molecule has 4 aromatic carbocycles. The summed E-state index contributed by atoms with van der Waals surface area (Å²) in [6, 6.07) is 16.0. The number of ether oxygens (including phenoxy) is 3. The van der Waals surface area contributed by atoms with Crippen LogP contribution in [0.1, 0.15) is 50.0 Å². The van der Waals surface area contributed by atoms with Gasteiger partial charge in [-0.1, -0.05) is 74.7 Å². The molecule has 0 spiro atoms. The molecule has 1 aliphatic rings. The van der Waals surface area contributed by atoms with E-state index in [1.54, 1.807) is 6.07 Å². The van der Waals surface area contributed by atoms with Crippen LogP contribution >= 0.6 is 0 Å². The SMILES string of the molecule is CCCCCC1COC(c2ccc(-c3ccc(-c4ccc(/C=C/C(F)(F)Oc5cc(F)c(F)c(F)c5)c(F)c4)c(F)c3)cc2)OC1. The summed E-state index contributed by atoms with van der Waals surface area (Å²) in [5.74, 6) is -7.36. The predicted molar refractivity (Wildman–Crippen MR) is 160 cm³/mol. The van der Waals surface area contributed by atoms with E-state index in [-0.39, 0.29) is 34.9 Å². The van der Waals surface area contributed by atoms with Gasteiger partial charge in [0.15, 0.2) is 23.7 Å². The van der Waals surface area contributed by atoms with Gasteiger partial charge in [-0.25, -0.2) is 22.0 Å². The van der Waals surface area contributed by atoms with Crippen LogP contribution in [0.5, 0.6) is 5.75 Å². The molecule has 1 heterocycles. The molecular formula is C36H31F7O3. The fourth-order valence-electron chi connectivity index (χ4n) is 5.15. The average molecular weight is 645 g/mol. The van der Waals surface area contributed by atoms with Crippen molar-refractivity contribution in [1.29, 1.82) is 0 Å². The van der Waals surface area contributed by atoms with Gasteiger partial charge in [-0.2, -0.15) is 8.78 Å². The molecule has 10 heteroatoms. The van der Waals surface area contributed by atoms with Crippen LogP contribution < -0.4 is 4.74 Å². The minimum absolute atomic E-state index is 0.0984. The lowest BCUT2D eigenvalue weighted by Gasteiger charge is -2.29. The van der Waals surface area contributed by atoms with Gasteiger partial charge in [0, 0.05) is 40.8 Å². The second-order valence-corrected chi connectivity index (χ2v) is 11.1. The third-order valence-electron chi connectivity index (χ3n) is 7.65. The van der Waals surface area contributed by atoms with Crippen LogP contribution in [0.3, 0.4) is 0 Å².